The van der Waals surface area contributed by atoms with Crippen molar-refractivity contribution in [3.8, 4) is 0 Å². The summed E-state index contributed by atoms with van der Waals surface area (Å²) in [5, 5.41) is 10.7. The molecule has 0 heterocycles. The first-order valence-electron chi connectivity index (χ1n) is 8.43. The van der Waals surface area contributed by atoms with Gasteiger partial charge in [-0.3, -0.25) is 4.79 Å². The number of halogens is 1. The van der Waals surface area contributed by atoms with Crippen LogP contribution in [0.2, 0.25) is 0 Å². The molecule has 22 heavy (non-hydrogen) atoms. The molecule has 1 saturated carbocycles. The van der Waals surface area contributed by atoms with Crippen LogP contribution in [0.4, 0.5) is 4.39 Å². The van der Waals surface area contributed by atoms with Crippen LogP contribution in [0.15, 0.2) is 34.9 Å². The molecule has 1 fully saturated rings. The van der Waals surface area contributed by atoms with E-state index in [-0.39, 0.29) is 5.78 Å². The molecule has 0 aromatic heterocycles. The molecule has 2 nitrogen and oxygen atoms in total. The third-order valence-corrected chi connectivity index (χ3v) is 6.77. The highest BCUT2D eigenvalue weighted by Gasteiger charge is 2.59. The summed E-state index contributed by atoms with van der Waals surface area (Å²) in [6, 6.07) is 0. The van der Waals surface area contributed by atoms with Gasteiger partial charge in [0, 0.05) is 11.8 Å². The van der Waals surface area contributed by atoms with Gasteiger partial charge in [0.05, 0.1) is 0 Å². The standard InChI is InChI=1S/C19H23FO2/c1-18-8-6-15-14-5-3-13(21)10-12(14)2-4-16(15)17(18)7-9-19(18,22)11-20/h6,8,10,16-17,22H,2-5,7,9,11H2,1H3/t16?,17?,18-,19+/m0/s1/i20-1. The summed E-state index contributed by atoms with van der Waals surface area (Å²) in [6.45, 7) is 1.36. The summed E-state index contributed by atoms with van der Waals surface area (Å²) in [5.74, 6) is 0.978. The van der Waals surface area contributed by atoms with Crippen LogP contribution in [-0.2, 0) is 4.79 Å². The maximum absolute atomic E-state index is 13.5. The lowest BCUT2D eigenvalue weighted by molar-refractivity contribution is -0.114. The van der Waals surface area contributed by atoms with Crippen LogP contribution in [0.1, 0.15) is 45.4 Å². The smallest absolute Gasteiger partial charge is 0.156 e. The number of fused-ring (bicyclic) bond motifs is 4. The molecular weight excluding hydrogens is 278 g/mol. The minimum absolute atomic E-state index is 0.245. The quantitative estimate of drug-likeness (QED) is 0.802. The summed E-state index contributed by atoms with van der Waals surface area (Å²) >= 11 is 0. The molecule has 0 radical (unpaired) electrons. The molecule has 4 rings (SSSR count). The number of aliphatic hydroxyl groups is 1. The summed E-state index contributed by atoms with van der Waals surface area (Å²) < 4.78 is 13.5. The van der Waals surface area contributed by atoms with Crippen molar-refractivity contribution >= 4 is 5.78 Å². The van der Waals surface area contributed by atoms with Crippen LogP contribution in [0, 0.1) is 17.3 Å². The van der Waals surface area contributed by atoms with Crippen molar-refractivity contribution < 1.29 is 14.3 Å². The van der Waals surface area contributed by atoms with Gasteiger partial charge in [-0.05, 0) is 66.7 Å². The minimum atomic E-state index is -1.21. The molecule has 4 atom stereocenters. The van der Waals surface area contributed by atoms with Gasteiger partial charge in [0.25, 0.3) is 0 Å². The van der Waals surface area contributed by atoms with E-state index in [1.54, 1.807) is 0 Å². The third-order valence-electron chi connectivity index (χ3n) is 6.77. The largest absolute Gasteiger partial charge is 0.386 e. The van der Waals surface area contributed by atoms with Crippen LogP contribution < -0.4 is 0 Å². The van der Waals surface area contributed by atoms with E-state index in [4.69, 9.17) is 0 Å². The second-order valence-electron chi connectivity index (χ2n) is 7.64. The van der Waals surface area contributed by atoms with Crippen LogP contribution in [0.3, 0.4) is 0 Å². The fourth-order valence-electron chi connectivity index (χ4n) is 5.33. The minimum Gasteiger partial charge on any atom is -0.386 e. The van der Waals surface area contributed by atoms with E-state index in [0.29, 0.717) is 24.7 Å². The van der Waals surface area contributed by atoms with Gasteiger partial charge in [0.1, 0.15) is 12.3 Å². The van der Waals surface area contributed by atoms with Gasteiger partial charge in [-0.1, -0.05) is 19.1 Å². The highest BCUT2D eigenvalue weighted by atomic mass is 18.2. The highest BCUT2D eigenvalue weighted by molar-refractivity contribution is 5.93. The Balaban J connectivity index is 1.81. The summed E-state index contributed by atoms with van der Waals surface area (Å²) in [6.07, 6.45) is 10.9. The maximum atomic E-state index is 13.5. The first-order valence-corrected chi connectivity index (χ1v) is 8.43. The van der Waals surface area contributed by atoms with Crippen molar-refractivity contribution in [3.05, 3.63) is 34.9 Å². The normalized spacial score (nSPS) is 43.6. The van der Waals surface area contributed by atoms with E-state index < -0.39 is 17.7 Å². The Hall–Kier alpha value is -1.22. The number of ketones is 1. The number of alkyl halides is 1. The van der Waals surface area contributed by atoms with Crippen LogP contribution in [0.25, 0.3) is 0 Å². The molecule has 4 aliphatic rings. The zero-order valence-electron chi connectivity index (χ0n) is 13.1. The molecule has 0 amide bonds. The molecule has 1 N–H and O–H groups in total. The Morgan fingerprint density at radius 1 is 1.32 bits per heavy atom. The Labute approximate surface area is 130 Å². The molecule has 2 unspecified atom stereocenters. The fourth-order valence-corrected chi connectivity index (χ4v) is 5.33. The number of hydrogen-bond acceptors (Lipinski definition) is 2. The van der Waals surface area contributed by atoms with Crippen LogP contribution in [0.5, 0.6) is 0 Å². The number of rotatable bonds is 1. The molecule has 0 aromatic rings. The van der Waals surface area contributed by atoms with Crippen molar-refractivity contribution in [3.63, 3.8) is 0 Å². The third kappa shape index (κ3) is 1.72. The number of hydrogen-bond donors (Lipinski definition) is 1. The van der Waals surface area contributed by atoms with E-state index in [1.807, 2.05) is 13.0 Å². The molecule has 4 aliphatic carbocycles. The molecule has 0 aromatic carbocycles. The zero-order valence-corrected chi connectivity index (χ0v) is 13.1. The maximum Gasteiger partial charge on any atom is 0.156 e. The van der Waals surface area contributed by atoms with Crippen LogP contribution in [-0.4, -0.2) is 23.2 Å². The van der Waals surface area contributed by atoms with Gasteiger partial charge in [0.15, 0.2) is 5.78 Å². The van der Waals surface area contributed by atoms with E-state index in [1.165, 1.54) is 16.7 Å². The average Bonchev–Trinajstić information content (AvgIpc) is 2.79. The lowest BCUT2D eigenvalue weighted by Gasteiger charge is -2.47. The Bertz CT molecular complexity index is 629. The zero-order chi connectivity index (χ0) is 15.5. The Morgan fingerprint density at radius 3 is 2.91 bits per heavy atom. The predicted octanol–water partition coefficient (Wildman–Crippen LogP) is 3.67. The second kappa shape index (κ2) is 4.64. The van der Waals surface area contributed by atoms with Gasteiger partial charge < -0.3 is 5.11 Å². The average molecular weight is 301 g/mol. The fraction of sp³-hybridized carbons (Fsp3) is 0.632. The Kier molecular flexibility index (Phi) is 3.03. The van der Waals surface area contributed by atoms with E-state index in [9.17, 15) is 14.3 Å². The number of carbonyl (C=O) groups is 1. The molecular formula is C19H23FO2. The van der Waals surface area contributed by atoms with E-state index in [0.717, 1.165) is 25.7 Å². The van der Waals surface area contributed by atoms with Crippen molar-refractivity contribution in [1.82, 2.24) is 0 Å². The van der Waals surface area contributed by atoms with Crippen molar-refractivity contribution in [2.24, 2.45) is 17.3 Å². The molecule has 0 spiro atoms. The van der Waals surface area contributed by atoms with Crippen molar-refractivity contribution in [2.45, 2.75) is 51.0 Å². The Morgan fingerprint density at radius 2 is 2.14 bits per heavy atom. The molecule has 118 valence electrons. The van der Waals surface area contributed by atoms with E-state index >= 15 is 0 Å². The molecule has 0 saturated heterocycles. The molecule has 3 heteroatoms. The second-order valence-corrected chi connectivity index (χ2v) is 7.64. The summed E-state index contributed by atoms with van der Waals surface area (Å²) in [4.78, 5) is 11.6. The van der Waals surface area contributed by atoms with E-state index in [2.05, 4.69) is 12.2 Å². The summed E-state index contributed by atoms with van der Waals surface area (Å²) in [7, 11) is 0. The van der Waals surface area contributed by atoms with Gasteiger partial charge >= 0.3 is 0 Å². The van der Waals surface area contributed by atoms with Gasteiger partial charge in [0.2, 0.25) is 0 Å². The predicted molar refractivity (Wildman–Crippen MR) is 83.0 cm³/mol. The topological polar surface area (TPSA) is 37.3 Å². The summed E-state index contributed by atoms with van der Waals surface area (Å²) in [5.41, 5.74) is 2.26. The van der Waals surface area contributed by atoms with Gasteiger partial charge in [-0.2, -0.15) is 0 Å². The SMILES string of the molecule is C[C@]12C=CC3=C4CCC(=O)C=C4CCC3C1CC[C@@]2(O)C[18F]. The van der Waals surface area contributed by atoms with Gasteiger partial charge in [-0.25, -0.2) is 4.39 Å². The molecule has 0 bridgehead atoms. The number of allylic oxidation sites excluding steroid dienone is 5. The first-order chi connectivity index (χ1) is 10.5. The number of carbonyl (C=O) groups excluding carboxylic acids is 1. The first kappa shape index (κ1) is 14.4. The van der Waals surface area contributed by atoms with Crippen molar-refractivity contribution in [1.29, 1.82) is 0 Å². The lowest BCUT2D eigenvalue weighted by atomic mass is 9.58. The van der Waals surface area contributed by atoms with Crippen molar-refractivity contribution in [2.75, 3.05) is 6.67 Å². The van der Waals surface area contributed by atoms with Crippen LogP contribution >= 0.6 is 0 Å². The highest BCUT2D eigenvalue weighted by Crippen LogP contribution is 2.60. The monoisotopic (exact) mass is 301 g/mol. The van der Waals surface area contributed by atoms with Gasteiger partial charge in [-0.15, -0.1) is 0 Å². The molecule has 0 aliphatic heterocycles. The lowest BCUT2D eigenvalue weighted by Crippen LogP contribution is -2.49.